The second-order valence-corrected chi connectivity index (χ2v) is 6.62. The number of nitrogens with one attached hydrogen (secondary N) is 1. The van der Waals surface area contributed by atoms with Crippen molar-refractivity contribution < 1.29 is 23.7 Å². The van der Waals surface area contributed by atoms with Crippen LogP contribution in [-0.2, 0) is 11.2 Å². The van der Waals surface area contributed by atoms with Crippen LogP contribution in [0.15, 0.2) is 36.4 Å². The van der Waals surface area contributed by atoms with Crippen molar-refractivity contribution in [2.24, 2.45) is 0 Å². The van der Waals surface area contributed by atoms with Crippen molar-refractivity contribution in [1.82, 2.24) is 5.32 Å². The predicted molar refractivity (Wildman–Crippen MR) is 106 cm³/mol. The molecule has 0 unspecified atom stereocenters. The Bertz CT molecular complexity index is 821. The smallest absolute Gasteiger partial charge is 0.220 e. The lowest BCUT2D eigenvalue weighted by molar-refractivity contribution is -0.121. The number of amides is 1. The van der Waals surface area contributed by atoms with Gasteiger partial charge in [0.2, 0.25) is 5.91 Å². The Morgan fingerprint density at radius 3 is 2.50 bits per heavy atom. The zero-order valence-corrected chi connectivity index (χ0v) is 16.6. The number of fused-ring (bicyclic) bond motifs is 1. The van der Waals surface area contributed by atoms with Gasteiger partial charge in [-0.05, 0) is 48.2 Å². The highest BCUT2D eigenvalue weighted by Gasteiger charge is 2.16. The van der Waals surface area contributed by atoms with Gasteiger partial charge in [0.25, 0.3) is 0 Å². The van der Waals surface area contributed by atoms with E-state index in [1.54, 1.807) is 14.2 Å². The molecule has 1 N–H and O–H groups in total. The van der Waals surface area contributed by atoms with Gasteiger partial charge in [-0.1, -0.05) is 19.1 Å². The number of carbonyl (C=O) groups is 1. The standard InChI is InChI=1S/C22H27NO5/c1-4-17(16-7-9-18(25-2)20(14-16)26-3)23-22(24)10-6-15-5-8-19-21(13-15)28-12-11-27-19/h5,7-9,13-14,17H,4,6,10-12H2,1-3H3,(H,23,24)/t17-/m0/s1. The van der Waals surface area contributed by atoms with E-state index in [1.165, 1.54) is 0 Å². The number of ether oxygens (including phenoxy) is 4. The highest BCUT2D eigenvalue weighted by atomic mass is 16.6. The monoisotopic (exact) mass is 385 g/mol. The molecule has 28 heavy (non-hydrogen) atoms. The minimum absolute atomic E-state index is 0.0107. The van der Waals surface area contributed by atoms with Gasteiger partial charge in [-0.3, -0.25) is 4.79 Å². The SMILES string of the molecule is CC[C@H](NC(=O)CCc1ccc2c(c1)OCCO2)c1ccc(OC)c(OC)c1. The van der Waals surface area contributed by atoms with E-state index in [0.29, 0.717) is 37.6 Å². The molecular formula is C22H27NO5. The first kappa shape index (κ1) is 19.9. The Balaban J connectivity index is 1.60. The van der Waals surface area contributed by atoms with Crippen LogP contribution in [0.2, 0.25) is 0 Å². The van der Waals surface area contributed by atoms with Gasteiger partial charge in [0.05, 0.1) is 20.3 Å². The zero-order valence-electron chi connectivity index (χ0n) is 16.6. The summed E-state index contributed by atoms with van der Waals surface area (Å²) in [6, 6.07) is 11.5. The quantitative estimate of drug-likeness (QED) is 0.751. The van der Waals surface area contributed by atoms with Crippen molar-refractivity contribution in [3.8, 4) is 23.0 Å². The second kappa shape index (κ2) is 9.35. The fourth-order valence-electron chi connectivity index (χ4n) is 3.26. The third-order valence-corrected chi connectivity index (χ3v) is 4.80. The molecule has 0 bridgehead atoms. The molecule has 0 radical (unpaired) electrons. The predicted octanol–water partition coefficient (Wildman–Crippen LogP) is 3.68. The van der Waals surface area contributed by atoms with Crippen LogP contribution in [0.1, 0.15) is 36.9 Å². The van der Waals surface area contributed by atoms with Gasteiger partial charge in [-0.15, -0.1) is 0 Å². The fraction of sp³-hybridized carbons (Fsp3) is 0.409. The molecule has 0 saturated carbocycles. The van der Waals surface area contributed by atoms with Gasteiger partial charge in [-0.2, -0.15) is 0 Å². The maximum Gasteiger partial charge on any atom is 0.220 e. The number of hydrogen-bond acceptors (Lipinski definition) is 5. The number of benzene rings is 2. The van der Waals surface area contributed by atoms with Crippen molar-refractivity contribution in [1.29, 1.82) is 0 Å². The normalized spacial score (nSPS) is 13.5. The number of carbonyl (C=O) groups excluding carboxylic acids is 1. The molecule has 6 nitrogen and oxygen atoms in total. The fourth-order valence-corrected chi connectivity index (χ4v) is 3.26. The van der Waals surface area contributed by atoms with Gasteiger partial charge in [-0.25, -0.2) is 0 Å². The Labute approximate surface area is 165 Å². The zero-order chi connectivity index (χ0) is 19.9. The molecule has 3 rings (SSSR count). The number of rotatable bonds is 8. The average molecular weight is 385 g/mol. The van der Waals surface area contributed by atoms with Gasteiger partial charge in [0, 0.05) is 6.42 Å². The van der Waals surface area contributed by atoms with E-state index < -0.39 is 0 Å². The summed E-state index contributed by atoms with van der Waals surface area (Å²) in [6.45, 7) is 3.17. The van der Waals surface area contributed by atoms with E-state index in [2.05, 4.69) is 5.32 Å². The Morgan fingerprint density at radius 1 is 1.04 bits per heavy atom. The van der Waals surface area contributed by atoms with Crippen LogP contribution in [0.5, 0.6) is 23.0 Å². The van der Waals surface area contributed by atoms with Crippen LogP contribution in [0.4, 0.5) is 0 Å². The van der Waals surface area contributed by atoms with E-state index in [1.807, 2.05) is 43.3 Å². The topological polar surface area (TPSA) is 66.0 Å². The summed E-state index contributed by atoms with van der Waals surface area (Å²) in [6.07, 6.45) is 1.83. The van der Waals surface area contributed by atoms with Crippen LogP contribution in [-0.4, -0.2) is 33.3 Å². The van der Waals surface area contributed by atoms with Crippen LogP contribution < -0.4 is 24.3 Å². The lowest BCUT2D eigenvalue weighted by atomic mass is 10.0. The van der Waals surface area contributed by atoms with Crippen molar-refractivity contribution in [3.63, 3.8) is 0 Å². The molecule has 2 aromatic carbocycles. The summed E-state index contributed by atoms with van der Waals surface area (Å²) in [4.78, 5) is 12.5. The van der Waals surface area contributed by atoms with Crippen molar-refractivity contribution >= 4 is 5.91 Å². The minimum atomic E-state index is -0.0763. The third-order valence-electron chi connectivity index (χ3n) is 4.80. The summed E-state index contributed by atoms with van der Waals surface area (Å²) in [5.41, 5.74) is 2.05. The van der Waals surface area contributed by atoms with Gasteiger partial charge in [0.15, 0.2) is 23.0 Å². The summed E-state index contributed by atoms with van der Waals surface area (Å²) < 4.78 is 21.8. The van der Waals surface area contributed by atoms with Gasteiger partial charge >= 0.3 is 0 Å². The van der Waals surface area contributed by atoms with E-state index in [9.17, 15) is 4.79 Å². The van der Waals surface area contributed by atoms with E-state index in [0.717, 1.165) is 29.0 Å². The van der Waals surface area contributed by atoms with Gasteiger partial charge in [0.1, 0.15) is 13.2 Å². The van der Waals surface area contributed by atoms with Gasteiger partial charge < -0.3 is 24.3 Å². The van der Waals surface area contributed by atoms with E-state index in [4.69, 9.17) is 18.9 Å². The molecule has 0 aromatic heterocycles. The number of hydrogen-bond donors (Lipinski definition) is 1. The highest BCUT2D eigenvalue weighted by molar-refractivity contribution is 5.76. The van der Waals surface area contributed by atoms with Crippen LogP contribution in [0.25, 0.3) is 0 Å². The lowest BCUT2D eigenvalue weighted by Gasteiger charge is -2.20. The summed E-state index contributed by atoms with van der Waals surface area (Å²) in [7, 11) is 3.21. The third kappa shape index (κ3) is 4.68. The summed E-state index contributed by atoms with van der Waals surface area (Å²) in [5, 5.41) is 3.11. The van der Waals surface area contributed by atoms with Crippen molar-refractivity contribution in [2.45, 2.75) is 32.2 Å². The lowest BCUT2D eigenvalue weighted by Crippen LogP contribution is -2.28. The Morgan fingerprint density at radius 2 is 1.79 bits per heavy atom. The molecule has 1 heterocycles. The first-order chi connectivity index (χ1) is 13.6. The molecule has 1 aliphatic heterocycles. The minimum Gasteiger partial charge on any atom is -0.493 e. The maximum absolute atomic E-state index is 12.5. The van der Waals surface area contributed by atoms with Crippen LogP contribution in [0, 0.1) is 0 Å². The van der Waals surface area contributed by atoms with E-state index >= 15 is 0 Å². The summed E-state index contributed by atoms with van der Waals surface area (Å²) >= 11 is 0. The molecule has 0 saturated heterocycles. The van der Waals surface area contributed by atoms with Crippen molar-refractivity contribution in [3.05, 3.63) is 47.5 Å². The largest absolute Gasteiger partial charge is 0.493 e. The maximum atomic E-state index is 12.5. The number of aryl methyl sites for hydroxylation is 1. The molecule has 0 aliphatic carbocycles. The van der Waals surface area contributed by atoms with E-state index in [-0.39, 0.29) is 11.9 Å². The molecule has 0 spiro atoms. The van der Waals surface area contributed by atoms with Crippen LogP contribution in [0.3, 0.4) is 0 Å². The molecule has 1 amide bonds. The Kier molecular flexibility index (Phi) is 6.63. The van der Waals surface area contributed by atoms with Crippen LogP contribution >= 0.6 is 0 Å². The molecule has 1 atom stereocenters. The molecule has 0 fully saturated rings. The molecule has 1 aliphatic rings. The molecule has 2 aromatic rings. The Hall–Kier alpha value is -2.89. The number of methoxy groups -OCH3 is 2. The molecule has 6 heteroatoms. The molecule has 150 valence electrons. The second-order valence-electron chi connectivity index (χ2n) is 6.62. The first-order valence-corrected chi connectivity index (χ1v) is 9.54. The first-order valence-electron chi connectivity index (χ1n) is 9.54. The highest BCUT2D eigenvalue weighted by Crippen LogP contribution is 2.32. The van der Waals surface area contributed by atoms with Crippen molar-refractivity contribution in [2.75, 3.05) is 27.4 Å². The average Bonchev–Trinajstić information content (AvgIpc) is 2.75. The summed E-state index contributed by atoms with van der Waals surface area (Å²) in [5.74, 6) is 2.85. The molecular weight excluding hydrogens is 358 g/mol.